The number of rotatable bonds is 4. The average Bonchev–Trinajstić information content (AvgIpc) is 2.40. The zero-order valence-electron chi connectivity index (χ0n) is 11.7. The van der Waals surface area contributed by atoms with Crippen molar-refractivity contribution in [2.24, 2.45) is 0 Å². The molecule has 0 bridgehead atoms. The molecule has 0 fully saturated rings. The van der Waals surface area contributed by atoms with Crippen molar-refractivity contribution in [3.63, 3.8) is 0 Å². The molecule has 0 saturated heterocycles. The van der Waals surface area contributed by atoms with Crippen molar-refractivity contribution in [1.82, 2.24) is 14.5 Å². The van der Waals surface area contributed by atoms with Gasteiger partial charge in [-0.25, -0.2) is 4.79 Å². The molecule has 0 radical (unpaired) electrons. The van der Waals surface area contributed by atoms with Gasteiger partial charge in [-0.05, 0) is 20.2 Å². The van der Waals surface area contributed by atoms with E-state index in [2.05, 4.69) is 20.9 Å². The molecule has 0 amide bonds. The molecule has 21 heavy (non-hydrogen) atoms. The Kier molecular flexibility index (Phi) is 5.03. The SMILES string of the molecule is CN(C)CCn1c(=O)[nH]c(Cl)c(-c2ccccc2Br)c1=O. The van der Waals surface area contributed by atoms with Crippen LogP contribution in [0.25, 0.3) is 11.1 Å². The van der Waals surface area contributed by atoms with Crippen molar-refractivity contribution < 1.29 is 0 Å². The maximum absolute atomic E-state index is 12.6. The van der Waals surface area contributed by atoms with Crippen molar-refractivity contribution in [3.8, 4) is 11.1 Å². The molecule has 0 atom stereocenters. The van der Waals surface area contributed by atoms with Crippen molar-refractivity contribution >= 4 is 27.5 Å². The second-order valence-electron chi connectivity index (χ2n) is 4.86. The zero-order valence-corrected chi connectivity index (χ0v) is 14.0. The first kappa shape index (κ1) is 16.0. The van der Waals surface area contributed by atoms with Crippen LogP contribution in [-0.4, -0.2) is 35.1 Å². The minimum atomic E-state index is -0.498. The molecule has 5 nitrogen and oxygen atoms in total. The predicted octanol–water partition coefficient (Wildman–Crippen LogP) is 2.18. The number of likely N-dealkylation sites (N-methyl/N-ethyl adjacent to an activating group) is 1. The first-order chi connectivity index (χ1) is 9.91. The lowest BCUT2D eigenvalue weighted by atomic mass is 10.1. The molecule has 1 N–H and O–H groups in total. The van der Waals surface area contributed by atoms with Gasteiger partial charge in [0.25, 0.3) is 5.56 Å². The Balaban J connectivity index is 2.63. The van der Waals surface area contributed by atoms with E-state index in [1.54, 1.807) is 6.07 Å². The highest BCUT2D eigenvalue weighted by Crippen LogP contribution is 2.28. The van der Waals surface area contributed by atoms with Crippen LogP contribution >= 0.6 is 27.5 Å². The monoisotopic (exact) mass is 371 g/mol. The van der Waals surface area contributed by atoms with Crippen LogP contribution < -0.4 is 11.2 Å². The fourth-order valence-corrected chi connectivity index (χ4v) is 2.69. The van der Waals surface area contributed by atoms with Crippen LogP contribution in [0.15, 0.2) is 38.3 Å². The fourth-order valence-electron chi connectivity index (χ4n) is 1.95. The third kappa shape index (κ3) is 3.45. The van der Waals surface area contributed by atoms with Gasteiger partial charge in [0.1, 0.15) is 5.15 Å². The van der Waals surface area contributed by atoms with Crippen molar-refractivity contribution in [3.05, 3.63) is 54.7 Å². The highest BCUT2D eigenvalue weighted by molar-refractivity contribution is 9.10. The molecule has 0 spiro atoms. The summed E-state index contributed by atoms with van der Waals surface area (Å²) in [6.45, 7) is 0.885. The lowest BCUT2D eigenvalue weighted by Gasteiger charge is -2.13. The summed E-state index contributed by atoms with van der Waals surface area (Å²) in [6, 6.07) is 7.25. The number of H-pyrrole nitrogens is 1. The summed E-state index contributed by atoms with van der Waals surface area (Å²) in [6.07, 6.45) is 0. The molecule has 7 heteroatoms. The number of aromatic nitrogens is 2. The van der Waals surface area contributed by atoms with E-state index in [-0.39, 0.29) is 5.15 Å². The summed E-state index contributed by atoms with van der Waals surface area (Å²) in [7, 11) is 3.76. The zero-order chi connectivity index (χ0) is 15.6. The Morgan fingerprint density at radius 3 is 2.57 bits per heavy atom. The first-order valence-corrected chi connectivity index (χ1v) is 7.51. The van der Waals surface area contributed by atoms with E-state index in [4.69, 9.17) is 11.6 Å². The van der Waals surface area contributed by atoms with Gasteiger partial charge in [0, 0.05) is 23.1 Å². The normalized spacial score (nSPS) is 11.1. The summed E-state index contributed by atoms with van der Waals surface area (Å²) in [5.74, 6) is 0. The third-order valence-corrected chi connectivity index (χ3v) is 4.03. The Morgan fingerprint density at radius 1 is 1.29 bits per heavy atom. The van der Waals surface area contributed by atoms with Crippen molar-refractivity contribution in [2.75, 3.05) is 20.6 Å². The van der Waals surface area contributed by atoms with Gasteiger partial charge in [0.2, 0.25) is 0 Å². The number of nitrogens with zero attached hydrogens (tertiary/aromatic N) is 2. The van der Waals surface area contributed by atoms with Gasteiger partial charge in [-0.2, -0.15) is 0 Å². The number of hydrogen-bond donors (Lipinski definition) is 1. The van der Waals surface area contributed by atoms with E-state index in [0.29, 0.717) is 24.2 Å². The van der Waals surface area contributed by atoms with Gasteiger partial charge in [0.05, 0.1) is 5.56 Å². The van der Waals surface area contributed by atoms with Gasteiger partial charge in [-0.3, -0.25) is 14.3 Å². The largest absolute Gasteiger partial charge is 0.329 e. The maximum Gasteiger partial charge on any atom is 0.329 e. The average molecular weight is 373 g/mol. The van der Waals surface area contributed by atoms with E-state index in [1.807, 2.05) is 37.2 Å². The van der Waals surface area contributed by atoms with Gasteiger partial charge in [-0.15, -0.1) is 0 Å². The standard InChI is InChI=1S/C14H15BrClN3O2/c1-18(2)7-8-19-13(20)11(12(16)17-14(19)21)9-5-3-4-6-10(9)15/h3-6H,7-8H2,1-2H3,(H,17,21). The summed E-state index contributed by atoms with van der Waals surface area (Å²) < 4.78 is 1.91. The molecule has 0 unspecified atom stereocenters. The number of hydrogen-bond acceptors (Lipinski definition) is 3. The molecule has 1 aromatic carbocycles. The molecule has 112 valence electrons. The van der Waals surface area contributed by atoms with E-state index in [1.165, 1.54) is 4.57 Å². The Morgan fingerprint density at radius 2 is 1.95 bits per heavy atom. The number of benzene rings is 1. The summed E-state index contributed by atoms with van der Waals surface area (Å²) in [5, 5.41) is 0.0537. The number of aromatic amines is 1. The van der Waals surface area contributed by atoms with Crippen molar-refractivity contribution in [2.45, 2.75) is 6.54 Å². The van der Waals surface area contributed by atoms with Gasteiger partial charge in [0.15, 0.2) is 0 Å². The lowest BCUT2D eigenvalue weighted by molar-refractivity contribution is 0.376. The molecule has 0 aliphatic carbocycles. The summed E-state index contributed by atoms with van der Waals surface area (Å²) >= 11 is 9.48. The molecule has 1 aromatic heterocycles. The molecular weight excluding hydrogens is 358 g/mol. The lowest BCUT2D eigenvalue weighted by Crippen LogP contribution is -2.38. The first-order valence-electron chi connectivity index (χ1n) is 6.34. The van der Waals surface area contributed by atoms with Crippen LogP contribution in [0.3, 0.4) is 0 Å². The van der Waals surface area contributed by atoms with Gasteiger partial charge >= 0.3 is 5.69 Å². The quantitative estimate of drug-likeness (QED) is 0.837. The second-order valence-corrected chi connectivity index (χ2v) is 6.09. The minimum absolute atomic E-state index is 0.0537. The molecule has 0 saturated carbocycles. The molecule has 0 aliphatic rings. The van der Waals surface area contributed by atoms with Crippen LogP contribution in [0, 0.1) is 0 Å². The van der Waals surface area contributed by atoms with E-state index >= 15 is 0 Å². The molecule has 1 heterocycles. The highest BCUT2D eigenvalue weighted by atomic mass is 79.9. The minimum Gasteiger partial charge on any atom is -0.308 e. The number of halogens is 2. The topological polar surface area (TPSA) is 58.1 Å². The molecule has 0 aliphatic heterocycles. The molecular formula is C14H15BrClN3O2. The van der Waals surface area contributed by atoms with Crippen LogP contribution in [0.5, 0.6) is 0 Å². The van der Waals surface area contributed by atoms with Crippen LogP contribution in [0.2, 0.25) is 5.15 Å². The third-order valence-electron chi connectivity index (χ3n) is 3.05. The van der Waals surface area contributed by atoms with Gasteiger partial charge < -0.3 is 4.90 Å². The summed E-state index contributed by atoms with van der Waals surface area (Å²) in [4.78, 5) is 29.0. The Bertz CT molecular complexity index is 768. The van der Waals surface area contributed by atoms with Gasteiger partial charge in [-0.1, -0.05) is 45.7 Å². The highest BCUT2D eigenvalue weighted by Gasteiger charge is 2.16. The van der Waals surface area contributed by atoms with E-state index in [9.17, 15) is 9.59 Å². The Labute approximate surface area is 135 Å². The van der Waals surface area contributed by atoms with E-state index in [0.717, 1.165) is 4.47 Å². The Hall–Kier alpha value is -1.37. The summed E-state index contributed by atoms with van der Waals surface area (Å²) in [5.41, 5.74) is 0.0602. The molecule has 2 rings (SSSR count). The maximum atomic E-state index is 12.6. The van der Waals surface area contributed by atoms with E-state index < -0.39 is 11.2 Å². The fraction of sp³-hybridized carbons (Fsp3) is 0.286. The van der Waals surface area contributed by atoms with Crippen LogP contribution in [-0.2, 0) is 6.54 Å². The predicted molar refractivity (Wildman–Crippen MR) is 88.0 cm³/mol. The number of nitrogens with one attached hydrogen (secondary N) is 1. The van der Waals surface area contributed by atoms with Crippen LogP contribution in [0.1, 0.15) is 0 Å². The van der Waals surface area contributed by atoms with Crippen molar-refractivity contribution in [1.29, 1.82) is 0 Å². The molecule has 2 aromatic rings. The second kappa shape index (κ2) is 6.60. The van der Waals surface area contributed by atoms with Crippen LogP contribution in [0.4, 0.5) is 0 Å². The smallest absolute Gasteiger partial charge is 0.308 e.